The molecule has 0 unspecified atom stereocenters. The molecular formula is C31H37Cl2N3O5S. The van der Waals surface area contributed by atoms with Crippen LogP contribution < -0.4 is 14.4 Å². The molecule has 0 aliphatic carbocycles. The maximum Gasteiger partial charge on any atom is 0.264 e. The van der Waals surface area contributed by atoms with Crippen molar-refractivity contribution < 1.29 is 22.7 Å². The van der Waals surface area contributed by atoms with Crippen LogP contribution in [-0.4, -0.2) is 51.4 Å². The predicted molar refractivity (Wildman–Crippen MR) is 168 cm³/mol. The average Bonchev–Trinajstić information content (AvgIpc) is 2.97. The number of benzene rings is 3. The van der Waals surface area contributed by atoms with Crippen molar-refractivity contribution in [3.63, 3.8) is 0 Å². The van der Waals surface area contributed by atoms with E-state index in [1.807, 2.05) is 13.8 Å². The molecule has 0 spiro atoms. The number of halogens is 2. The van der Waals surface area contributed by atoms with E-state index in [0.29, 0.717) is 23.6 Å². The van der Waals surface area contributed by atoms with Gasteiger partial charge in [0, 0.05) is 23.1 Å². The number of hydrogen-bond acceptors (Lipinski definition) is 5. The Kier molecular flexibility index (Phi) is 12.1. The zero-order chi connectivity index (χ0) is 30.9. The van der Waals surface area contributed by atoms with Crippen LogP contribution in [0.25, 0.3) is 0 Å². The van der Waals surface area contributed by atoms with Crippen molar-refractivity contribution in [3.8, 4) is 5.75 Å². The third kappa shape index (κ3) is 8.18. The zero-order valence-corrected chi connectivity index (χ0v) is 26.6. The Morgan fingerprint density at radius 2 is 1.69 bits per heavy atom. The second-order valence-electron chi connectivity index (χ2n) is 9.82. The van der Waals surface area contributed by atoms with Gasteiger partial charge in [-0.1, -0.05) is 79.4 Å². The number of anilines is 1. The van der Waals surface area contributed by atoms with Gasteiger partial charge in [-0.2, -0.15) is 0 Å². The van der Waals surface area contributed by atoms with Crippen LogP contribution in [0.4, 0.5) is 5.69 Å². The number of carbonyl (C=O) groups is 2. The highest BCUT2D eigenvalue weighted by Crippen LogP contribution is 2.35. The second-order valence-corrected chi connectivity index (χ2v) is 12.5. The average molecular weight is 635 g/mol. The Labute approximate surface area is 258 Å². The molecule has 0 fully saturated rings. The summed E-state index contributed by atoms with van der Waals surface area (Å²) in [6, 6.07) is 17.0. The third-order valence-electron chi connectivity index (χ3n) is 6.81. The summed E-state index contributed by atoms with van der Waals surface area (Å²) in [5.74, 6) is -0.699. The second kappa shape index (κ2) is 15.3. The van der Waals surface area contributed by atoms with Crippen molar-refractivity contribution in [2.24, 2.45) is 0 Å². The molecule has 1 N–H and O–H groups in total. The quantitative estimate of drug-likeness (QED) is 0.212. The summed E-state index contributed by atoms with van der Waals surface area (Å²) in [6.45, 7) is 5.52. The van der Waals surface area contributed by atoms with Gasteiger partial charge in [0.15, 0.2) is 0 Å². The summed E-state index contributed by atoms with van der Waals surface area (Å²) < 4.78 is 34.6. The molecule has 11 heteroatoms. The van der Waals surface area contributed by atoms with Crippen molar-refractivity contribution in [2.45, 2.75) is 57.5 Å². The molecule has 3 rings (SSSR count). The van der Waals surface area contributed by atoms with Crippen molar-refractivity contribution in [3.05, 3.63) is 87.9 Å². The monoisotopic (exact) mass is 633 g/mol. The molecule has 0 aliphatic rings. The van der Waals surface area contributed by atoms with Crippen molar-refractivity contribution in [2.75, 3.05) is 24.5 Å². The van der Waals surface area contributed by atoms with E-state index < -0.39 is 28.5 Å². The number of ether oxygens (including phenoxy) is 1. The molecular weight excluding hydrogens is 597 g/mol. The summed E-state index contributed by atoms with van der Waals surface area (Å²) >= 11 is 12.7. The lowest BCUT2D eigenvalue weighted by atomic mass is 10.1. The Morgan fingerprint density at radius 1 is 1.00 bits per heavy atom. The lowest BCUT2D eigenvalue weighted by molar-refractivity contribution is -0.140. The molecule has 2 amide bonds. The number of nitrogens with one attached hydrogen (secondary N) is 1. The number of sulfonamides is 1. The first-order valence-corrected chi connectivity index (χ1v) is 16.0. The van der Waals surface area contributed by atoms with Gasteiger partial charge in [0.05, 0.1) is 17.7 Å². The van der Waals surface area contributed by atoms with E-state index in [-0.39, 0.29) is 33.8 Å². The first kappa shape index (κ1) is 33.2. The minimum Gasteiger partial charge on any atom is -0.495 e. The van der Waals surface area contributed by atoms with Crippen LogP contribution in [0, 0.1) is 6.92 Å². The topological polar surface area (TPSA) is 96.0 Å². The number of carbonyl (C=O) groups excluding carboxylic acids is 2. The fourth-order valence-electron chi connectivity index (χ4n) is 4.44. The third-order valence-corrected chi connectivity index (χ3v) is 9.19. The first-order valence-electron chi connectivity index (χ1n) is 13.8. The standard InChI is InChI=1S/C31H37Cl2N3O5S/c1-5-7-18-34-31(38)27(6-2)35(20-23-10-8-9-11-26(23)33)30(37)21-36(28-19-24(32)14-17-29(28)41-4)42(39,40)25-15-12-22(3)13-16-25/h8-17,19,27H,5-7,18,20-21H2,1-4H3,(H,34,38)/t27-/m0/s1. The molecule has 42 heavy (non-hydrogen) atoms. The number of nitrogens with zero attached hydrogens (tertiary/aromatic N) is 2. The van der Waals surface area contributed by atoms with E-state index in [1.54, 1.807) is 49.4 Å². The zero-order valence-electron chi connectivity index (χ0n) is 24.3. The minimum atomic E-state index is -4.28. The SMILES string of the molecule is CCCCNC(=O)[C@H](CC)N(Cc1ccccc1Cl)C(=O)CN(c1cc(Cl)ccc1OC)S(=O)(=O)c1ccc(C)cc1. The lowest BCUT2D eigenvalue weighted by Crippen LogP contribution is -2.52. The fraction of sp³-hybridized carbons (Fsp3) is 0.355. The highest BCUT2D eigenvalue weighted by atomic mass is 35.5. The molecule has 3 aromatic rings. The Hall–Kier alpha value is -3.27. The van der Waals surface area contributed by atoms with E-state index in [1.165, 1.54) is 36.3 Å². The molecule has 0 aliphatic heterocycles. The number of aryl methyl sites for hydroxylation is 1. The highest BCUT2D eigenvalue weighted by Gasteiger charge is 2.35. The summed E-state index contributed by atoms with van der Waals surface area (Å²) in [5, 5.41) is 3.60. The molecule has 226 valence electrons. The van der Waals surface area contributed by atoms with Gasteiger partial charge in [-0.25, -0.2) is 8.42 Å². The van der Waals surface area contributed by atoms with Crippen LogP contribution in [0.3, 0.4) is 0 Å². The molecule has 0 aromatic heterocycles. The summed E-state index contributed by atoms with van der Waals surface area (Å²) in [6.07, 6.45) is 1.99. The molecule has 0 saturated carbocycles. The Balaban J connectivity index is 2.11. The van der Waals surface area contributed by atoms with Crippen LogP contribution >= 0.6 is 23.2 Å². The van der Waals surface area contributed by atoms with E-state index >= 15 is 0 Å². The summed E-state index contributed by atoms with van der Waals surface area (Å²) in [7, 11) is -2.87. The number of hydrogen-bond donors (Lipinski definition) is 1. The van der Waals surface area contributed by atoms with Crippen molar-refractivity contribution in [1.29, 1.82) is 0 Å². The van der Waals surface area contributed by atoms with Gasteiger partial charge in [-0.15, -0.1) is 0 Å². The van der Waals surface area contributed by atoms with Gasteiger partial charge in [0.2, 0.25) is 11.8 Å². The normalized spacial score (nSPS) is 12.0. The number of amides is 2. The van der Waals surface area contributed by atoms with Crippen LogP contribution in [-0.2, 0) is 26.2 Å². The summed E-state index contributed by atoms with van der Waals surface area (Å²) in [5.41, 5.74) is 1.60. The maximum absolute atomic E-state index is 14.2. The smallest absolute Gasteiger partial charge is 0.264 e. The first-order chi connectivity index (χ1) is 20.0. The molecule has 0 heterocycles. The predicted octanol–water partition coefficient (Wildman–Crippen LogP) is 6.23. The Bertz CT molecular complexity index is 1480. The molecule has 3 aromatic carbocycles. The van der Waals surface area contributed by atoms with Crippen molar-refractivity contribution in [1.82, 2.24) is 10.2 Å². The number of unbranched alkanes of at least 4 members (excludes halogenated alkanes) is 1. The van der Waals surface area contributed by atoms with Crippen molar-refractivity contribution >= 4 is 50.7 Å². The number of methoxy groups -OCH3 is 1. The van der Waals surface area contributed by atoms with Gasteiger partial charge >= 0.3 is 0 Å². The molecule has 1 atom stereocenters. The van der Waals surface area contributed by atoms with Gasteiger partial charge in [0.1, 0.15) is 18.3 Å². The maximum atomic E-state index is 14.2. The van der Waals surface area contributed by atoms with Crippen LogP contribution in [0.15, 0.2) is 71.6 Å². The van der Waals surface area contributed by atoms with Gasteiger partial charge in [-0.3, -0.25) is 13.9 Å². The largest absolute Gasteiger partial charge is 0.495 e. The van der Waals surface area contributed by atoms with Crippen LogP contribution in [0.2, 0.25) is 10.0 Å². The highest BCUT2D eigenvalue weighted by molar-refractivity contribution is 7.92. The van der Waals surface area contributed by atoms with E-state index in [0.717, 1.165) is 22.7 Å². The fourth-order valence-corrected chi connectivity index (χ4v) is 6.22. The van der Waals surface area contributed by atoms with Crippen LogP contribution in [0.5, 0.6) is 5.75 Å². The van der Waals surface area contributed by atoms with Gasteiger partial charge in [-0.05, 0) is 61.7 Å². The number of rotatable bonds is 14. The molecule has 0 bridgehead atoms. The lowest BCUT2D eigenvalue weighted by Gasteiger charge is -2.33. The summed E-state index contributed by atoms with van der Waals surface area (Å²) in [4.78, 5) is 28.9. The minimum absolute atomic E-state index is 0.00328. The molecule has 8 nitrogen and oxygen atoms in total. The van der Waals surface area contributed by atoms with E-state index in [4.69, 9.17) is 27.9 Å². The van der Waals surface area contributed by atoms with Gasteiger partial charge in [0.25, 0.3) is 10.0 Å². The van der Waals surface area contributed by atoms with Gasteiger partial charge < -0.3 is 15.0 Å². The molecule has 0 radical (unpaired) electrons. The Morgan fingerprint density at radius 3 is 2.31 bits per heavy atom. The van der Waals surface area contributed by atoms with Crippen LogP contribution in [0.1, 0.15) is 44.2 Å². The molecule has 0 saturated heterocycles. The van der Waals surface area contributed by atoms with E-state index in [9.17, 15) is 18.0 Å². The van der Waals surface area contributed by atoms with E-state index in [2.05, 4.69) is 5.32 Å².